The number of hydrogen-bond donors (Lipinski definition) is 2. The van der Waals surface area contributed by atoms with E-state index in [1.807, 2.05) is 48.5 Å². The Kier molecular flexibility index (Phi) is 4.51. The van der Waals surface area contributed by atoms with Gasteiger partial charge in [0.15, 0.2) is 6.10 Å². The molecule has 0 aromatic heterocycles. The Morgan fingerprint density at radius 3 is 2.68 bits per heavy atom. The van der Waals surface area contributed by atoms with Gasteiger partial charge in [0, 0.05) is 6.54 Å². The maximum absolute atomic E-state index is 12.4. The molecule has 0 spiro atoms. The zero-order valence-electron chi connectivity index (χ0n) is 12.3. The smallest absolute Gasteiger partial charge is 0.254 e. The van der Waals surface area contributed by atoms with Gasteiger partial charge < -0.3 is 15.2 Å². The molecule has 1 aliphatic rings. The highest BCUT2D eigenvalue weighted by molar-refractivity contribution is 5.82. The Hall–Kier alpha value is -2.17. The molecule has 4 heteroatoms. The third-order valence-corrected chi connectivity index (χ3v) is 3.97. The highest BCUT2D eigenvalue weighted by Gasteiger charge is 2.26. The van der Waals surface area contributed by atoms with E-state index >= 15 is 0 Å². The van der Waals surface area contributed by atoms with Gasteiger partial charge in [0.2, 0.25) is 0 Å². The fraction of sp³-hybridized carbons (Fsp3) is 0.278. The molecule has 1 aliphatic heterocycles. The Labute approximate surface area is 129 Å². The molecule has 2 aromatic rings. The molecule has 3 rings (SSSR count). The second kappa shape index (κ2) is 6.73. The van der Waals surface area contributed by atoms with Crippen LogP contribution in [-0.2, 0) is 29.1 Å². The number of carbonyl (C=O) groups is 1. The van der Waals surface area contributed by atoms with Crippen LogP contribution in [0.1, 0.15) is 28.4 Å². The summed E-state index contributed by atoms with van der Waals surface area (Å²) < 4.78 is 5.65. The molecule has 2 aromatic carbocycles. The van der Waals surface area contributed by atoms with Crippen molar-refractivity contribution in [3.63, 3.8) is 0 Å². The van der Waals surface area contributed by atoms with Crippen molar-refractivity contribution in [2.45, 2.75) is 25.7 Å². The van der Waals surface area contributed by atoms with Crippen LogP contribution in [0.25, 0.3) is 0 Å². The molecule has 0 bridgehead atoms. The molecule has 0 saturated carbocycles. The van der Waals surface area contributed by atoms with Crippen LogP contribution in [-0.4, -0.2) is 17.6 Å². The summed E-state index contributed by atoms with van der Waals surface area (Å²) in [6, 6.07) is 15.4. The van der Waals surface area contributed by atoms with Crippen LogP contribution in [0.2, 0.25) is 0 Å². The first-order chi connectivity index (χ1) is 10.8. The van der Waals surface area contributed by atoms with Crippen LogP contribution >= 0.6 is 0 Å². The number of fused-ring (bicyclic) bond motifs is 1. The minimum Gasteiger partial charge on any atom is -0.392 e. The van der Waals surface area contributed by atoms with Gasteiger partial charge in [-0.3, -0.25) is 4.79 Å². The van der Waals surface area contributed by atoms with E-state index in [0.29, 0.717) is 13.2 Å². The van der Waals surface area contributed by atoms with Crippen LogP contribution in [0.5, 0.6) is 0 Å². The van der Waals surface area contributed by atoms with Crippen LogP contribution in [0.3, 0.4) is 0 Å². The zero-order chi connectivity index (χ0) is 15.4. The molecular formula is C18H19NO3. The lowest BCUT2D eigenvalue weighted by Gasteiger charge is -2.25. The quantitative estimate of drug-likeness (QED) is 0.908. The number of hydrogen-bond acceptors (Lipinski definition) is 3. The molecule has 0 fully saturated rings. The molecule has 0 saturated heterocycles. The number of ether oxygens (including phenoxy) is 1. The number of rotatable bonds is 4. The minimum atomic E-state index is -0.550. The van der Waals surface area contributed by atoms with E-state index in [-0.39, 0.29) is 12.5 Å². The molecular weight excluding hydrogens is 278 g/mol. The van der Waals surface area contributed by atoms with E-state index in [9.17, 15) is 9.90 Å². The van der Waals surface area contributed by atoms with Crippen molar-refractivity contribution in [2.24, 2.45) is 0 Å². The van der Waals surface area contributed by atoms with E-state index in [0.717, 1.165) is 23.1 Å². The van der Waals surface area contributed by atoms with Gasteiger partial charge >= 0.3 is 0 Å². The van der Waals surface area contributed by atoms with E-state index in [2.05, 4.69) is 5.32 Å². The second-order valence-corrected chi connectivity index (χ2v) is 5.34. The van der Waals surface area contributed by atoms with Crippen molar-refractivity contribution in [3.05, 3.63) is 70.8 Å². The van der Waals surface area contributed by atoms with Crippen LogP contribution in [0.15, 0.2) is 48.5 Å². The van der Waals surface area contributed by atoms with Gasteiger partial charge in [-0.15, -0.1) is 0 Å². The third kappa shape index (κ3) is 3.03. The van der Waals surface area contributed by atoms with Crippen molar-refractivity contribution in [1.82, 2.24) is 5.32 Å². The average molecular weight is 297 g/mol. The van der Waals surface area contributed by atoms with Crippen molar-refractivity contribution in [2.75, 3.05) is 6.61 Å². The Balaban J connectivity index is 1.71. The topological polar surface area (TPSA) is 58.6 Å². The Morgan fingerprint density at radius 1 is 1.14 bits per heavy atom. The summed E-state index contributed by atoms with van der Waals surface area (Å²) in [5.41, 5.74) is 3.86. The largest absolute Gasteiger partial charge is 0.392 e. The number of carbonyl (C=O) groups excluding carboxylic acids is 1. The number of aliphatic hydroxyl groups excluding tert-OH is 1. The summed E-state index contributed by atoms with van der Waals surface area (Å²) in [5, 5.41) is 12.2. The summed E-state index contributed by atoms with van der Waals surface area (Å²) in [6.45, 7) is 0.911. The van der Waals surface area contributed by atoms with Gasteiger partial charge in [-0.25, -0.2) is 0 Å². The van der Waals surface area contributed by atoms with Gasteiger partial charge in [-0.05, 0) is 28.7 Å². The summed E-state index contributed by atoms with van der Waals surface area (Å²) in [4.78, 5) is 12.4. The number of amides is 1. The molecule has 114 valence electrons. The molecule has 2 N–H and O–H groups in total. The average Bonchev–Trinajstić information content (AvgIpc) is 2.59. The van der Waals surface area contributed by atoms with Gasteiger partial charge in [-0.1, -0.05) is 48.5 Å². The summed E-state index contributed by atoms with van der Waals surface area (Å²) in [5.74, 6) is -0.139. The monoisotopic (exact) mass is 297 g/mol. The zero-order valence-corrected chi connectivity index (χ0v) is 12.3. The normalized spacial score (nSPS) is 16.9. The maximum atomic E-state index is 12.4. The first-order valence-corrected chi connectivity index (χ1v) is 7.44. The highest BCUT2D eigenvalue weighted by atomic mass is 16.5. The van der Waals surface area contributed by atoms with Crippen LogP contribution in [0, 0.1) is 0 Å². The molecule has 1 atom stereocenters. The van der Waals surface area contributed by atoms with Gasteiger partial charge in [0.1, 0.15) is 0 Å². The van der Waals surface area contributed by atoms with Gasteiger partial charge in [-0.2, -0.15) is 0 Å². The number of benzene rings is 2. The number of nitrogens with one attached hydrogen (secondary N) is 1. The fourth-order valence-electron chi connectivity index (χ4n) is 2.77. The van der Waals surface area contributed by atoms with Crippen molar-refractivity contribution < 1.29 is 14.6 Å². The van der Waals surface area contributed by atoms with Gasteiger partial charge in [0.25, 0.3) is 5.91 Å². The molecule has 22 heavy (non-hydrogen) atoms. The van der Waals surface area contributed by atoms with E-state index in [4.69, 9.17) is 4.74 Å². The standard InChI is InChI=1S/C18H19NO3/c20-12-15-7-2-1-6-14(15)11-19-18(21)17-16-8-4-3-5-13(16)9-10-22-17/h1-8,17,20H,9-12H2,(H,19,21). The van der Waals surface area contributed by atoms with E-state index in [1.165, 1.54) is 5.56 Å². The molecule has 1 unspecified atom stereocenters. The summed E-state index contributed by atoms with van der Waals surface area (Å²) in [6.07, 6.45) is 0.291. The molecule has 0 radical (unpaired) electrons. The molecule has 1 heterocycles. The third-order valence-electron chi connectivity index (χ3n) is 3.97. The summed E-state index contributed by atoms with van der Waals surface area (Å²) >= 11 is 0. The number of aliphatic hydroxyl groups is 1. The van der Waals surface area contributed by atoms with E-state index in [1.54, 1.807) is 0 Å². The molecule has 4 nitrogen and oxygen atoms in total. The molecule has 0 aliphatic carbocycles. The molecule has 1 amide bonds. The van der Waals surface area contributed by atoms with Crippen molar-refractivity contribution in [3.8, 4) is 0 Å². The lowest BCUT2D eigenvalue weighted by atomic mass is 9.97. The first kappa shape index (κ1) is 14.8. The maximum Gasteiger partial charge on any atom is 0.254 e. The van der Waals surface area contributed by atoms with E-state index < -0.39 is 6.10 Å². The Bertz CT molecular complexity index is 669. The fourth-order valence-corrected chi connectivity index (χ4v) is 2.77. The SMILES string of the molecule is O=C(NCc1ccccc1CO)C1OCCc2ccccc21. The van der Waals surface area contributed by atoms with Crippen LogP contribution in [0.4, 0.5) is 0 Å². The summed E-state index contributed by atoms with van der Waals surface area (Å²) in [7, 11) is 0. The highest BCUT2D eigenvalue weighted by Crippen LogP contribution is 2.27. The van der Waals surface area contributed by atoms with Crippen LogP contribution < -0.4 is 5.32 Å². The predicted octanol–water partition coefficient (Wildman–Crippen LogP) is 2.11. The lowest BCUT2D eigenvalue weighted by molar-refractivity contribution is -0.134. The second-order valence-electron chi connectivity index (χ2n) is 5.34. The minimum absolute atomic E-state index is 0.0329. The lowest BCUT2D eigenvalue weighted by Crippen LogP contribution is -2.33. The predicted molar refractivity (Wildman–Crippen MR) is 83.1 cm³/mol. The van der Waals surface area contributed by atoms with Gasteiger partial charge in [0.05, 0.1) is 13.2 Å². The van der Waals surface area contributed by atoms with Crippen molar-refractivity contribution >= 4 is 5.91 Å². The Morgan fingerprint density at radius 2 is 1.86 bits per heavy atom. The van der Waals surface area contributed by atoms with Crippen molar-refractivity contribution in [1.29, 1.82) is 0 Å². The first-order valence-electron chi connectivity index (χ1n) is 7.44.